The van der Waals surface area contributed by atoms with E-state index in [2.05, 4.69) is 28.8 Å². The van der Waals surface area contributed by atoms with Gasteiger partial charge in [0, 0.05) is 6.04 Å². The molecular formula is C11H19N3O2S. The lowest BCUT2D eigenvalue weighted by molar-refractivity contribution is 0.249. The zero-order chi connectivity index (χ0) is 12.5. The monoisotopic (exact) mass is 257 g/mol. The number of aromatic amines is 1. The predicted molar refractivity (Wildman–Crippen MR) is 64.9 cm³/mol. The molecule has 6 heteroatoms. The topological polar surface area (TPSA) is 74.8 Å². The highest BCUT2D eigenvalue weighted by atomic mass is 32.2. The van der Waals surface area contributed by atoms with Crippen LogP contribution in [0.25, 0.3) is 0 Å². The molecule has 0 bridgehead atoms. The van der Waals surface area contributed by atoms with Gasteiger partial charge in [-0.25, -0.2) is 13.1 Å². The zero-order valence-corrected chi connectivity index (χ0v) is 11.0. The van der Waals surface area contributed by atoms with Crippen molar-refractivity contribution in [3.63, 3.8) is 0 Å². The third-order valence-electron chi connectivity index (χ3n) is 3.50. The standard InChI is InChI=1S/C11H19N3O2S/c1-8-3-4-10(9(2)7-8)14-17(15,16)11-5-6-12-13-11/h5-6,8-10,14H,3-4,7H2,1-2H3,(H,12,13). The first-order valence-corrected chi connectivity index (χ1v) is 7.49. The van der Waals surface area contributed by atoms with Gasteiger partial charge in [0.1, 0.15) is 0 Å². The van der Waals surface area contributed by atoms with E-state index in [1.54, 1.807) is 0 Å². The highest BCUT2D eigenvalue weighted by Crippen LogP contribution is 2.29. The van der Waals surface area contributed by atoms with Crippen LogP contribution >= 0.6 is 0 Å². The van der Waals surface area contributed by atoms with Gasteiger partial charge >= 0.3 is 0 Å². The molecule has 1 aromatic heterocycles. The van der Waals surface area contributed by atoms with Crippen LogP contribution in [0.2, 0.25) is 0 Å². The van der Waals surface area contributed by atoms with Gasteiger partial charge in [0.05, 0.1) is 6.20 Å². The summed E-state index contributed by atoms with van der Waals surface area (Å²) in [4.78, 5) is 0. The molecule has 0 saturated heterocycles. The van der Waals surface area contributed by atoms with Crippen molar-refractivity contribution in [2.24, 2.45) is 11.8 Å². The van der Waals surface area contributed by atoms with Gasteiger partial charge in [-0.3, -0.25) is 5.10 Å². The number of nitrogens with zero attached hydrogens (tertiary/aromatic N) is 1. The molecule has 1 heterocycles. The van der Waals surface area contributed by atoms with E-state index in [-0.39, 0.29) is 11.1 Å². The number of hydrogen-bond acceptors (Lipinski definition) is 3. The van der Waals surface area contributed by atoms with Crippen molar-refractivity contribution in [1.29, 1.82) is 0 Å². The second-order valence-electron chi connectivity index (χ2n) is 5.04. The van der Waals surface area contributed by atoms with E-state index in [9.17, 15) is 8.42 Å². The van der Waals surface area contributed by atoms with Crippen molar-refractivity contribution in [1.82, 2.24) is 14.9 Å². The number of hydrogen-bond donors (Lipinski definition) is 2. The van der Waals surface area contributed by atoms with Gasteiger partial charge in [0.15, 0.2) is 5.03 Å². The third kappa shape index (κ3) is 2.87. The molecule has 1 saturated carbocycles. The van der Waals surface area contributed by atoms with Crippen molar-refractivity contribution in [3.8, 4) is 0 Å². The summed E-state index contributed by atoms with van der Waals surface area (Å²) in [5.74, 6) is 1.08. The van der Waals surface area contributed by atoms with E-state index in [1.165, 1.54) is 12.3 Å². The van der Waals surface area contributed by atoms with E-state index >= 15 is 0 Å². The second kappa shape index (κ2) is 4.78. The molecule has 17 heavy (non-hydrogen) atoms. The molecule has 1 fully saturated rings. The normalized spacial score (nSPS) is 30.4. The molecule has 0 spiro atoms. The third-order valence-corrected chi connectivity index (χ3v) is 4.92. The fourth-order valence-corrected chi connectivity index (χ4v) is 3.78. The summed E-state index contributed by atoms with van der Waals surface area (Å²) in [5, 5.41) is 6.30. The Bertz CT molecular complexity index is 455. The molecule has 3 unspecified atom stereocenters. The Kier molecular flexibility index (Phi) is 3.53. The smallest absolute Gasteiger partial charge is 0.257 e. The fourth-order valence-electron chi connectivity index (χ4n) is 2.50. The molecule has 0 amide bonds. The Morgan fingerprint density at radius 2 is 2.18 bits per heavy atom. The first-order chi connectivity index (χ1) is 7.99. The van der Waals surface area contributed by atoms with Gasteiger partial charge in [-0.05, 0) is 37.2 Å². The minimum absolute atomic E-state index is 0.0412. The summed E-state index contributed by atoms with van der Waals surface area (Å²) >= 11 is 0. The molecule has 0 aliphatic heterocycles. The van der Waals surface area contributed by atoms with Crippen LogP contribution in [-0.2, 0) is 10.0 Å². The predicted octanol–water partition coefficient (Wildman–Crippen LogP) is 1.51. The maximum atomic E-state index is 12.0. The lowest BCUT2D eigenvalue weighted by Crippen LogP contribution is -2.42. The highest BCUT2D eigenvalue weighted by molar-refractivity contribution is 7.89. The van der Waals surface area contributed by atoms with E-state index in [4.69, 9.17) is 0 Å². The first-order valence-electron chi connectivity index (χ1n) is 6.01. The molecule has 1 aliphatic carbocycles. The van der Waals surface area contributed by atoms with Crippen LogP contribution in [0, 0.1) is 11.8 Å². The Morgan fingerprint density at radius 3 is 2.76 bits per heavy atom. The molecule has 1 aliphatic rings. The van der Waals surface area contributed by atoms with Gasteiger partial charge in [0.2, 0.25) is 0 Å². The molecule has 0 aromatic carbocycles. The second-order valence-corrected chi connectivity index (χ2v) is 6.73. The van der Waals surface area contributed by atoms with Crippen LogP contribution in [0.4, 0.5) is 0 Å². The molecule has 1 aromatic rings. The molecule has 5 nitrogen and oxygen atoms in total. The highest BCUT2D eigenvalue weighted by Gasteiger charge is 2.29. The Balaban J connectivity index is 2.06. The quantitative estimate of drug-likeness (QED) is 0.862. The van der Waals surface area contributed by atoms with Crippen molar-refractivity contribution >= 4 is 10.0 Å². The lowest BCUT2D eigenvalue weighted by atomic mass is 9.80. The Morgan fingerprint density at radius 1 is 1.41 bits per heavy atom. The summed E-state index contributed by atoms with van der Waals surface area (Å²) in [5.41, 5.74) is 0. The largest absolute Gasteiger partial charge is 0.266 e. The van der Waals surface area contributed by atoms with E-state index < -0.39 is 10.0 Å². The van der Waals surface area contributed by atoms with Crippen LogP contribution in [0.15, 0.2) is 17.3 Å². The molecule has 0 radical (unpaired) electrons. The van der Waals surface area contributed by atoms with E-state index in [0.29, 0.717) is 11.8 Å². The van der Waals surface area contributed by atoms with Crippen LogP contribution in [-0.4, -0.2) is 24.7 Å². The van der Waals surface area contributed by atoms with Gasteiger partial charge in [-0.1, -0.05) is 13.8 Å². The van der Waals surface area contributed by atoms with E-state index in [0.717, 1.165) is 19.3 Å². The van der Waals surface area contributed by atoms with Gasteiger partial charge < -0.3 is 0 Å². The van der Waals surface area contributed by atoms with Crippen LogP contribution < -0.4 is 4.72 Å². The molecule has 2 N–H and O–H groups in total. The zero-order valence-electron chi connectivity index (χ0n) is 10.2. The summed E-state index contributed by atoms with van der Waals surface area (Å²) < 4.78 is 26.8. The Hall–Kier alpha value is -0.880. The van der Waals surface area contributed by atoms with Crippen molar-refractivity contribution < 1.29 is 8.42 Å². The molecule has 96 valence electrons. The summed E-state index contributed by atoms with van der Waals surface area (Å²) in [6, 6.07) is 1.51. The van der Waals surface area contributed by atoms with Gasteiger partial charge in [-0.15, -0.1) is 0 Å². The number of rotatable bonds is 3. The number of aromatic nitrogens is 2. The SMILES string of the molecule is CC1CCC(NS(=O)(=O)c2ccn[nH]2)C(C)C1. The van der Waals surface area contributed by atoms with Gasteiger partial charge in [0.25, 0.3) is 10.0 Å². The molecule has 3 atom stereocenters. The summed E-state index contributed by atoms with van der Waals surface area (Å²) in [6.45, 7) is 4.33. The first kappa shape index (κ1) is 12.6. The van der Waals surface area contributed by atoms with Crippen molar-refractivity contribution in [2.45, 2.75) is 44.2 Å². The average molecular weight is 257 g/mol. The number of sulfonamides is 1. The van der Waals surface area contributed by atoms with Gasteiger partial charge in [-0.2, -0.15) is 5.10 Å². The number of H-pyrrole nitrogens is 1. The van der Waals surface area contributed by atoms with Crippen LogP contribution in [0.5, 0.6) is 0 Å². The van der Waals surface area contributed by atoms with E-state index in [1.807, 2.05) is 0 Å². The molecule has 2 rings (SSSR count). The maximum absolute atomic E-state index is 12.0. The molecular weight excluding hydrogens is 238 g/mol. The van der Waals surface area contributed by atoms with Crippen molar-refractivity contribution in [2.75, 3.05) is 0 Å². The Labute approximate surface area is 102 Å². The summed E-state index contributed by atoms with van der Waals surface area (Å²) in [6.07, 6.45) is 4.52. The fraction of sp³-hybridized carbons (Fsp3) is 0.727. The maximum Gasteiger partial charge on any atom is 0.257 e. The minimum atomic E-state index is -3.44. The van der Waals surface area contributed by atoms with Crippen LogP contribution in [0.3, 0.4) is 0 Å². The minimum Gasteiger partial charge on any atom is -0.266 e. The number of nitrogens with one attached hydrogen (secondary N) is 2. The lowest BCUT2D eigenvalue weighted by Gasteiger charge is -2.32. The average Bonchev–Trinajstić information content (AvgIpc) is 2.76. The van der Waals surface area contributed by atoms with Crippen molar-refractivity contribution in [3.05, 3.63) is 12.3 Å². The van der Waals surface area contributed by atoms with Crippen LogP contribution in [0.1, 0.15) is 33.1 Å². The summed E-state index contributed by atoms with van der Waals surface area (Å²) in [7, 11) is -3.44.